The Labute approximate surface area is 51.0 Å². The van der Waals surface area contributed by atoms with E-state index >= 15 is 0 Å². The Bertz CT molecular complexity index is 67.1. The zero-order valence-electron chi connectivity index (χ0n) is 5.60. The van der Waals surface area contributed by atoms with E-state index in [9.17, 15) is 0 Å². The summed E-state index contributed by atoms with van der Waals surface area (Å²) in [5.74, 6) is 0. The fourth-order valence-corrected chi connectivity index (χ4v) is 0.779. The molecule has 4 heteroatoms. The van der Waals surface area contributed by atoms with E-state index in [1.807, 2.05) is 13.1 Å². The van der Waals surface area contributed by atoms with Crippen LogP contribution in [0.2, 0.25) is 13.1 Å². The summed E-state index contributed by atoms with van der Waals surface area (Å²) >= 11 is 0. The predicted molar refractivity (Wildman–Crippen MR) is 34.6 cm³/mol. The highest BCUT2D eigenvalue weighted by Gasteiger charge is 2.20. The number of rotatable bonds is 3. The largest absolute Gasteiger partial charge is 0.398 e. The first kappa shape index (κ1) is 8.10. The maximum Gasteiger partial charge on any atom is 0.332 e. The zero-order valence-corrected chi connectivity index (χ0v) is 6.60. The predicted octanol–water partition coefficient (Wildman–Crippen LogP) is 0.267. The monoisotopic (exact) mass is 135 g/mol. The van der Waals surface area contributed by atoms with Crippen molar-refractivity contribution >= 4 is 8.56 Å². The second-order valence-electron chi connectivity index (χ2n) is 1.91. The molecule has 0 unspecified atom stereocenters. The van der Waals surface area contributed by atoms with Crippen LogP contribution in [0.5, 0.6) is 0 Å². The lowest BCUT2D eigenvalue weighted by atomic mass is 11.4. The summed E-state index contributed by atoms with van der Waals surface area (Å²) in [5.41, 5.74) is 5.12. The van der Waals surface area contributed by atoms with E-state index in [1.54, 1.807) is 7.11 Å². The minimum Gasteiger partial charge on any atom is -0.398 e. The van der Waals surface area contributed by atoms with Gasteiger partial charge in [0.2, 0.25) is 0 Å². The maximum atomic E-state index is 5.12. The van der Waals surface area contributed by atoms with Crippen molar-refractivity contribution in [2.24, 2.45) is 5.73 Å². The Balaban J connectivity index is 3.37. The molecule has 0 atom stereocenters. The number of hydrogen-bond acceptors (Lipinski definition) is 3. The molecule has 0 aromatic rings. The van der Waals surface area contributed by atoms with Crippen LogP contribution in [0.25, 0.3) is 0 Å². The fraction of sp³-hybridized carbons (Fsp3) is 1.00. The Kier molecular flexibility index (Phi) is 3.23. The van der Waals surface area contributed by atoms with Gasteiger partial charge >= 0.3 is 8.56 Å². The molecule has 0 aliphatic rings. The molecular formula is C4H13NO2Si. The topological polar surface area (TPSA) is 44.5 Å². The summed E-state index contributed by atoms with van der Waals surface area (Å²) in [7, 11) is -0.162. The van der Waals surface area contributed by atoms with Crippen molar-refractivity contribution in [3.8, 4) is 0 Å². The highest BCUT2D eigenvalue weighted by atomic mass is 28.4. The van der Waals surface area contributed by atoms with E-state index in [4.69, 9.17) is 14.6 Å². The van der Waals surface area contributed by atoms with Gasteiger partial charge in [-0.1, -0.05) is 0 Å². The van der Waals surface area contributed by atoms with Gasteiger partial charge in [-0.2, -0.15) is 0 Å². The molecule has 0 fully saturated rings. The van der Waals surface area contributed by atoms with Crippen molar-refractivity contribution < 1.29 is 8.85 Å². The third kappa shape index (κ3) is 3.14. The summed E-state index contributed by atoms with van der Waals surface area (Å²) in [6.45, 7) is 4.15. The zero-order chi connectivity index (χ0) is 6.62. The van der Waals surface area contributed by atoms with Crippen LogP contribution in [0.3, 0.4) is 0 Å². The molecule has 0 spiro atoms. The number of nitrogens with two attached hydrogens (primary N) is 1. The first-order valence-electron chi connectivity index (χ1n) is 2.51. The average molecular weight is 135 g/mol. The van der Waals surface area contributed by atoms with Gasteiger partial charge in [-0.25, -0.2) is 0 Å². The molecule has 0 bridgehead atoms. The minimum absolute atomic E-state index is 0.257. The van der Waals surface area contributed by atoms with Gasteiger partial charge in [-0.05, 0) is 13.1 Å². The maximum absolute atomic E-state index is 5.12. The third-order valence-electron chi connectivity index (χ3n) is 0.923. The second-order valence-corrected chi connectivity index (χ2v) is 5.41. The van der Waals surface area contributed by atoms with E-state index in [0.717, 1.165) is 0 Å². The Morgan fingerprint density at radius 2 is 2.00 bits per heavy atom. The molecule has 3 nitrogen and oxygen atoms in total. The van der Waals surface area contributed by atoms with E-state index in [2.05, 4.69) is 0 Å². The van der Waals surface area contributed by atoms with Crippen LogP contribution >= 0.6 is 0 Å². The average Bonchev–Trinajstić information content (AvgIpc) is 1.67. The van der Waals surface area contributed by atoms with Gasteiger partial charge in [0.1, 0.15) is 0 Å². The molecule has 0 heterocycles. The molecule has 0 rings (SSSR count). The van der Waals surface area contributed by atoms with Crippen LogP contribution in [0.1, 0.15) is 0 Å². The highest BCUT2D eigenvalue weighted by Crippen LogP contribution is 2.01. The lowest BCUT2D eigenvalue weighted by molar-refractivity contribution is 0.217. The molecule has 0 aliphatic heterocycles. The van der Waals surface area contributed by atoms with Crippen LogP contribution in [0.15, 0.2) is 0 Å². The minimum atomic E-state index is -1.80. The van der Waals surface area contributed by atoms with Gasteiger partial charge in [0.25, 0.3) is 0 Å². The van der Waals surface area contributed by atoms with Gasteiger partial charge in [-0.15, -0.1) is 0 Å². The smallest absolute Gasteiger partial charge is 0.332 e. The standard InChI is InChI=1S/C4H13NO2Si/c1-6-8(2,3)7-4-5/h4-5H2,1-3H3. The quantitative estimate of drug-likeness (QED) is 0.446. The summed E-state index contributed by atoms with van der Waals surface area (Å²) in [6.07, 6.45) is 0. The summed E-state index contributed by atoms with van der Waals surface area (Å²) in [5, 5.41) is 0. The molecule has 50 valence electrons. The molecule has 2 N–H and O–H groups in total. The summed E-state index contributed by atoms with van der Waals surface area (Å²) in [4.78, 5) is 0. The molecule has 0 saturated carbocycles. The van der Waals surface area contributed by atoms with Crippen molar-refractivity contribution in [3.63, 3.8) is 0 Å². The SMILES string of the molecule is CO[Si](C)(C)OCN. The fourth-order valence-electron chi connectivity index (χ4n) is 0.260. The Morgan fingerprint density at radius 3 is 2.12 bits per heavy atom. The van der Waals surface area contributed by atoms with Crippen LogP contribution < -0.4 is 5.73 Å². The van der Waals surface area contributed by atoms with Crippen LogP contribution in [-0.4, -0.2) is 22.4 Å². The van der Waals surface area contributed by atoms with Crippen molar-refractivity contribution in [1.82, 2.24) is 0 Å². The summed E-state index contributed by atoms with van der Waals surface area (Å²) < 4.78 is 10.1. The van der Waals surface area contributed by atoms with E-state index in [0.29, 0.717) is 0 Å². The molecule has 8 heavy (non-hydrogen) atoms. The van der Waals surface area contributed by atoms with Crippen LogP contribution in [-0.2, 0) is 8.85 Å². The highest BCUT2D eigenvalue weighted by molar-refractivity contribution is 6.64. The summed E-state index contributed by atoms with van der Waals surface area (Å²) in [6, 6.07) is 0. The van der Waals surface area contributed by atoms with Gasteiger partial charge in [0.05, 0.1) is 6.73 Å². The lowest BCUT2D eigenvalue weighted by Crippen LogP contribution is -2.35. The van der Waals surface area contributed by atoms with Gasteiger partial charge in [0.15, 0.2) is 0 Å². The van der Waals surface area contributed by atoms with Gasteiger partial charge < -0.3 is 14.6 Å². The van der Waals surface area contributed by atoms with Gasteiger partial charge in [-0.3, -0.25) is 0 Å². The third-order valence-corrected chi connectivity index (χ3v) is 2.77. The first-order chi connectivity index (χ1) is 3.62. The normalized spacial score (nSPS) is 12.0. The molecule has 0 radical (unpaired) electrons. The molecule has 0 aromatic heterocycles. The van der Waals surface area contributed by atoms with Crippen LogP contribution in [0, 0.1) is 0 Å². The van der Waals surface area contributed by atoms with Crippen molar-refractivity contribution in [3.05, 3.63) is 0 Å². The molecule has 0 amide bonds. The Morgan fingerprint density at radius 1 is 1.50 bits per heavy atom. The van der Waals surface area contributed by atoms with E-state index in [1.165, 1.54) is 0 Å². The van der Waals surface area contributed by atoms with Crippen molar-refractivity contribution in [2.75, 3.05) is 13.8 Å². The van der Waals surface area contributed by atoms with Crippen molar-refractivity contribution in [1.29, 1.82) is 0 Å². The molecule has 0 saturated heterocycles. The van der Waals surface area contributed by atoms with Crippen LogP contribution in [0.4, 0.5) is 0 Å². The molecular weight excluding hydrogens is 122 g/mol. The molecule has 0 aliphatic carbocycles. The van der Waals surface area contributed by atoms with E-state index in [-0.39, 0.29) is 6.73 Å². The second kappa shape index (κ2) is 3.19. The van der Waals surface area contributed by atoms with E-state index < -0.39 is 8.56 Å². The Hall–Kier alpha value is 0.0969. The lowest BCUT2D eigenvalue weighted by Gasteiger charge is -2.17. The number of hydrogen-bond donors (Lipinski definition) is 1. The van der Waals surface area contributed by atoms with Gasteiger partial charge in [0, 0.05) is 7.11 Å². The first-order valence-corrected chi connectivity index (χ1v) is 5.33. The van der Waals surface area contributed by atoms with Crippen molar-refractivity contribution in [2.45, 2.75) is 13.1 Å². The molecule has 0 aromatic carbocycles.